The first-order chi connectivity index (χ1) is 4.97. The van der Waals surface area contributed by atoms with Crippen LogP contribution in [0.2, 0.25) is 0 Å². The van der Waals surface area contributed by atoms with E-state index in [2.05, 4.69) is 15.2 Å². The summed E-state index contributed by atoms with van der Waals surface area (Å²) >= 11 is 0. The van der Waals surface area contributed by atoms with Crippen LogP contribution < -0.4 is 0 Å². The van der Waals surface area contributed by atoms with Crippen LogP contribution >= 0.6 is 0 Å². The Morgan fingerprint density at radius 2 is 2.20 bits per heavy atom. The lowest BCUT2D eigenvalue weighted by molar-refractivity contribution is 1.10. The monoisotopic (exact) mass is 133 g/mol. The Morgan fingerprint density at radius 1 is 1.20 bits per heavy atom. The molecule has 0 amide bonds. The molecule has 0 radical (unpaired) electrons. The van der Waals surface area contributed by atoms with Gasteiger partial charge in [-0.05, 0) is 12.1 Å². The zero-order valence-electron chi connectivity index (χ0n) is 5.33. The van der Waals surface area contributed by atoms with Crippen molar-refractivity contribution in [1.82, 2.24) is 15.2 Å². The maximum Gasteiger partial charge on any atom is 0.0935 e. The molecule has 2 rings (SSSR count). The largest absolute Gasteiger partial charge is 0.367 e. The van der Waals surface area contributed by atoms with Crippen LogP contribution in [0, 0.1) is 0 Å². The minimum absolute atomic E-state index is 0.973. The second kappa shape index (κ2) is 2.02. The summed E-state index contributed by atoms with van der Waals surface area (Å²) in [7, 11) is 0. The number of aromatic nitrogens is 3. The lowest BCUT2D eigenvalue weighted by Gasteiger charge is -1.83. The molecule has 0 saturated carbocycles. The van der Waals surface area contributed by atoms with Gasteiger partial charge < -0.3 is 4.98 Å². The summed E-state index contributed by atoms with van der Waals surface area (Å²) in [4.78, 5) is 2.96. The van der Waals surface area contributed by atoms with E-state index in [-0.39, 0.29) is 0 Å². The number of rotatable bonds is 1. The van der Waals surface area contributed by atoms with Gasteiger partial charge in [0.1, 0.15) is 0 Å². The Hall–Kier alpha value is -1.51. The molecule has 2 aromatic rings. The average molecular weight is 133 g/mol. The van der Waals surface area contributed by atoms with Gasteiger partial charge in [-0.15, -0.1) is 0 Å². The highest BCUT2D eigenvalue weighted by Gasteiger charge is 1.96. The van der Waals surface area contributed by atoms with Crippen molar-refractivity contribution in [1.29, 1.82) is 0 Å². The molecule has 0 atom stereocenters. The zero-order valence-corrected chi connectivity index (χ0v) is 5.33. The predicted octanol–water partition coefficient (Wildman–Crippen LogP) is 1.40. The molecule has 0 spiro atoms. The molecular weight excluding hydrogens is 126 g/mol. The van der Waals surface area contributed by atoms with E-state index >= 15 is 0 Å². The zero-order chi connectivity index (χ0) is 6.81. The highest BCUT2D eigenvalue weighted by molar-refractivity contribution is 5.56. The number of aromatic amines is 2. The molecule has 3 heteroatoms. The van der Waals surface area contributed by atoms with E-state index in [1.165, 1.54) is 0 Å². The number of H-pyrrole nitrogens is 2. The van der Waals surface area contributed by atoms with E-state index in [4.69, 9.17) is 0 Å². The Kier molecular flexibility index (Phi) is 1.07. The standard InChI is InChI=1S/C7H7N3/c1-3-8-5-6(1)7-2-4-9-10-7/h1-5,8H,(H,9,10). The number of nitrogens with one attached hydrogen (secondary N) is 2. The van der Waals surface area contributed by atoms with Crippen LogP contribution in [-0.4, -0.2) is 15.2 Å². The summed E-state index contributed by atoms with van der Waals surface area (Å²) in [5.41, 5.74) is 2.09. The van der Waals surface area contributed by atoms with Crippen molar-refractivity contribution in [2.45, 2.75) is 0 Å². The molecule has 10 heavy (non-hydrogen) atoms. The van der Waals surface area contributed by atoms with Gasteiger partial charge in [-0.1, -0.05) is 0 Å². The Morgan fingerprint density at radius 3 is 2.80 bits per heavy atom. The van der Waals surface area contributed by atoms with Crippen LogP contribution in [0.4, 0.5) is 0 Å². The quantitative estimate of drug-likeness (QED) is 0.606. The molecular formula is C7H7N3. The molecule has 0 aromatic carbocycles. The molecule has 0 aliphatic rings. The maximum atomic E-state index is 4.01. The summed E-state index contributed by atoms with van der Waals surface area (Å²) in [6.45, 7) is 0. The van der Waals surface area contributed by atoms with Crippen LogP contribution in [0.1, 0.15) is 0 Å². The van der Waals surface area contributed by atoms with E-state index in [1.807, 2.05) is 30.7 Å². The Balaban J connectivity index is 2.48. The summed E-state index contributed by atoms with van der Waals surface area (Å²) in [5, 5.41) is 6.77. The normalized spacial score (nSPS) is 10.0. The van der Waals surface area contributed by atoms with Gasteiger partial charge in [0, 0.05) is 24.2 Å². The Labute approximate surface area is 58.1 Å². The maximum absolute atomic E-state index is 4.01. The van der Waals surface area contributed by atoms with Crippen LogP contribution in [0.3, 0.4) is 0 Å². The van der Waals surface area contributed by atoms with Gasteiger partial charge in [-0.25, -0.2) is 0 Å². The average Bonchev–Trinajstić information content (AvgIpc) is 2.59. The highest BCUT2D eigenvalue weighted by Crippen LogP contribution is 2.13. The molecule has 0 aliphatic carbocycles. The van der Waals surface area contributed by atoms with Crippen molar-refractivity contribution >= 4 is 0 Å². The third-order valence-electron chi connectivity index (χ3n) is 1.39. The summed E-state index contributed by atoms with van der Waals surface area (Å²) < 4.78 is 0. The fourth-order valence-corrected chi connectivity index (χ4v) is 0.904. The van der Waals surface area contributed by atoms with E-state index < -0.39 is 0 Å². The van der Waals surface area contributed by atoms with Crippen LogP contribution in [0.15, 0.2) is 30.7 Å². The molecule has 2 heterocycles. The number of hydrogen-bond donors (Lipinski definition) is 2. The first kappa shape index (κ1) is 5.29. The van der Waals surface area contributed by atoms with Crippen LogP contribution in [0.5, 0.6) is 0 Å². The molecule has 0 unspecified atom stereocenters. The molecule has 2 aromatic heterocycles. The number of nitrogens with zero attached hydrogens (tertiary/aromatic N) is 1. The molecule has 3 nitrogen and oxygen atoms in total. The molecule has 0 aliphatic heterocycles. The SMILES string of the molecule is c1cc(-c2cc[nH]n2)c[nH]1. The fourth-order valence-electron chi connectivity index (χ4n) is 0.904. The van der Waals surface area contributed by atoms with Crippen molar-refractivity contribution < 1.29 is 0 Å². The van der Waals surface area contributed by atoms with Gasteiger partial charge in [0.05, 0.1) is 5.69 Å². The van der Waals surface area contributed by atoms with Crippen LogP contribution in [0.25, 0.3) is 11.3 Å². The molecule has 50 valence electrons. The fraction of sp³-hybridized carbons (Fsp3) is 0. The van der Waals surface area contributed by atoms with E-state index in [9.17, 15) is 0 Å². The minimum atomic E-state index is 0.973. The number of hydrogen-bond acceptors (Lipinski definition) is 1. The molecule has 0 saturated heterocycles. The summed E-state index contributed by atoms with van der Waals surface area (Å²) in [6.07, 6.45) is 5.60. The summed E-state index contributed by atoms with van der Waals surface area (Å²) in [5.74, 6) is 0. The van der Waals surface area contributed by atoms with Crippen molar-refractivity contribution in [3.8, 4) is 11.3 Å². The second-order valence-corrected chi connectivity index (χ2v) is 2.06. The van der Waals surface area contributed by atoms with Crippen molar-refractivity contribution in [2.24, 2.45) is 0 Å². The molecule has 0 fully saturated rings. The first-order valence-corrected chi connectivity index (χ1v) is 3.10. The predicted molar refractivity (Wildman–Crippen MR) is 38.4 cm³/mol. The molecule has 2 N–H and O–H groups in total. The lowest BCUT2D eigenvalue weighted by Crippen LogP contribution is -1.71. The van der Waals surface area contributed by atoms with Gasteiger partial charge in [-0.2, -0.15) is 5.10 Å². The van der Waals surface area contributed by atoms with E-state index in [0.717, 1.165) is 11.3 Å². The van der Waals surface area contributed by atoms with Crippen molar-refractivity contribution in [3.63, 3.8) is 0 Å². The van der Waals surface area contributed by atoms with Gasteiger partial charge in [0.2, 0.25) is 0 Å². The summed E-state index contributed by atoms with van der Waals surface area (Å²) in [6, 6.07) is 3.92. The molecule has 0 bridgehead atoms. The minimum Gasteiger partial charge on any atom is -0.367 e. The first-order valence-electron chi connectivity index (χ1n) is 3.10. The second-order valence-electron chi connectivity index (χ2n) is 2.06. The Bertz CT molecular complexity index is 248. The van der Waals surface area contributed by atoms with Crippen molar-refractivity contribution in [3.05, 3.63) is 30.7 Å². The lowest BCUT2D eigenvalue weighted by atomic mass is 10.2. The van der Waals surface area contributed by atoms with Gasteiger partial charge in [0.25, 0.3) is 0 Å². The van der Waals surface area contributed by atoms with E-state index in [1.54, 1.807) is 0 Å². The third kappa shape index (κ3) is 0.719. The smallest absolute Gasteiger partial charge is 0.0935 e. The van der Waals surface area contributed by atoms with Crippen LogP contribution in [-0.2, 0) is 0 Å². The van der Waals surface area contributed by atoms with Crippen molar-refractivity contribution in [2.75, 3.05) is 0 Å². The van der Waals surface area contributed by atoms with E-state index in [0.29, 0.717) is 0 Å². The van der Waals surface area contributed by atoms with Gasteiger partial charge >= 0.3 is 0 Å². The topological polar surface area (TPSA) is 44.5 Å². The third-order valence-corrected chi connectivity index (χ3v) is 1.39. The highest BCUT2D eigenvalue weighted by atomic mass is 15.1. The van der Waals surface area contributed by atoms with Gasteiger partial charge in [0.15, 0.2) is 0 Å². The van der Waals surface area contributed by atoms with Gasteiger partial charge in [-0.3, -0.25) is 5.10 Å².